The molecule has 0 bridgehead atoms. The summed E-state index contributed by atoms with van der Waals surface area (Å²) < 4.78 is 54.9. The van der Waals surface area contributed by atoms with E-state index < -0.39 is 35.1 Å². The molecule has 2 aromatic rings. The second-order valence-electron chi connectivity index (χ2n) is 9.24. The molecule has 1 aliphatic rings. The second-order valence-corrected chi connectivity index (χ2v) is 10.8. The SMILES string of the molecule is CCN=C(N)S[C@](C)(Cc1cc(NC(=O)c2cnc(OCC(F)(F)F)cn2)ccc1F)C(=O)NC1(C)CC1. The van der Waals surface area contributed by atoms with Gasteiger partial charge in [0.2, 0.25) is 11.8 Å². The van der Waals surface area contributed by atoms with E-state index in [9.17, 15) is 27.2 Å². The summed E-state index contributed by atoms with van der Waals surface area (Å²) in [5, 5.41) is 5.73. The van der Waals surface area contributed by atoms with Crippen molar-refractivity contribution in [1.29, 1.82) is 0 Å². The topological polar surface area (TPSA) is 132 Å². The lowest BCUT2D eigenvalue weighted by Gasteiger charge is -2.29. The first kappa shape index (κ1) is 29.1. The Bertz CT molecular complexity index is 1200. The molecule has 14 heteroatoms. The number of anilines is 1. The first-order valence-electron chi connectivity index (χ1n) is 11.6. The van der Waals surface area contributed by atoms with Crippen LogP contribution in [0.2, 0.25) is 0 Å². The summed E-state index contributed by atoms with van der Waals surface area (Å²) in [6, 6.07) is 3.87. The maximum Gasteiger partial charge on any atom is 0.422 e. The maximum atomic E-state index is 14.8. The molecular weight excluding hydrogens is 528 g/mol. The highest BCUT2D eigenvalue weighted by Gasteiger charge is 2.44. The predicted molar refractivity (Wildman–Crippen MR) is 136 cm³/mol. The second kappa shape index (κ2) is 11.5. The minimum Gasteiger partial charge on any atom is -0.467 e. The largest absolute Gasteiger partial charge is 0.467 e. The van der Waals surface area contributed by atoms with Crippen molar-refractivity contribution < 1.29 is 31.9 Å². The number of nitrogens with zero attached hydrogens (tertiary/aromatic N) is 3. The molecule has 1 fully saturated rings. The van der Waals surface area contributed by atoms with Crippen LogP contribution in [0.15, 0.2) is 35.6 Å². The average Bonchev–Trinajstić information content (AvgIpc) is 3.56. The maximum absolute atomic E-state index is 14.8. The Morgan fingerprint density at radius 2 is 1.95 bits per heavy atom. The number of alkyl halides is 3. The third-order valence-corrected chi connectivity index (χ3v) is 6.73. The molecule has 206 valence electrons. The quantitative estimate of drug-likeness (QED) is 0.230. The van der Waals surface area contributed by atoms with Gasteiger partial charge in [0, 0.05) is 17.8 Å². The van der Waals surface area contributed by atoms with Crippen molar-refractivity contribution in [3.05, 3.63) is 47.7 Å². The molecule has 4 N–H and O–H groups in total. The molecule has 1 saturated carbocycles. The molecule has 0 saturated heterocycles. The van der Waals surface area contributed by atoms with Crippen LogP contribution in [0, 0.1) is 5.82 Å². The van der Waals surface area contributed by atoms with E-state index in [-0.39, 0.29) is 40.0 Å². The van der Waals surface area contributed by atoms with E-state index in [1.165, 1.54) is 12.1 Å². The van der Waals surface area contributed by atoms with E-state index >= 15 is 0 Å². The Kier molecular flexibility index (Phi) is 8.85. The first-order valence-corrected chi connectivity index (χ1v) is 12.5. The van der Waals surface area contributed by atoms with E-state index in [2.05, 4.69) is 30.3 Å². The number of amides is 2. The molecule has 1 heterocycles. The molecule has 2 amide bonds. The van der Waals surface area contributed by atoms with Gasteiger partial charge >= 0.3 is 6.18 Å². The van der Waals surface area contributed by atoms with Gasteiger partial charge in [-0.2, -0.15) is 13.2 Å². The van der Waals surface area contributed by atoms with Crippen LogP contribution in [0.25, 0.3) is 0 Å². The van der Waals surface area contributed by atoms with Crippen LogP contribution < -0.4 is 21.1 Å². The zero-order valence-electron chi connectivity index (χ0n) is 21.0. The van der Waals surface area contributed by atoms with Gasteiger partial charge in [-0.3, -0.25) is 14.6 Å². The van der Waals surface area contributed by atoms with E-state index in [1.807, 2.05) is 6.92 Å². The lowest BCUT2D eigenvalue weighted by molar-refractivity contribution is -0.154. The number of nitrogens with two attached hydrogens (primary N) is 1. The lowest BCUT2D eigenvalue weighted by atomic mass is 9.97. The molecule has 1 aromatic carbocycles. The van der Waals surface area contributed by atoms with Crippen LogP contribution in [0.5, 0.6) is 5.88 Å². The highest BCUT2D eigenvalue weighted by Crippen LogP contribution is 2.38. The summed E-state index contributed by atoms with van der Waals surface area (Å²) in [6.07, 6.45) is -1.07. The summed E-state index contributed by atoms with van der Waals surface area (Å²) in [4.78, 5) is 37.4. The minimum absolute atomic E-state index is 0.0555. The Hall–Kier alpha value is -3.42. The summed E-state index contributed by atoms with van der Waals surface area (Å²) in [6.45, 7) is 4.25. The van der Waals surface area contributed by atoms with Crippen molar-refractivity contribution in [1.82, 2.24) is 15.3 Å². The van der Waals surface area contributed by atoms with E-state index in [0.29, 0.717) is 6.54 Å². The van der Waals surface area contributed by atoms with Gasteiger partial charge in [-0.25, -0.2) is 14.4 Å². The Morgan fingerprint density at radius 1 is 1.24 bits per heavy atom. The Balaban J connectivity index is 1.76. The predicted octanol–water partition coefficient (Wildman–Crippen LogP) is 3.85. The highest BCUT2D eigenvalue weighted by atomic mass is 32.2. The van der Waals surface area contributed by atoms with Gasteiger partial charge in [-0.15, -0.1) is 0 Å². The number of ether oxygens (including phenoxy) is 1. The average molecular weight is 557 g/mol. The molecule has 38 heavy (non-hydrogen) atoms. The number of nitrogens with one attached hydrogen (secondary N) is 2. The molecule has 9 nitrogen and oxygen atoms in total. The van der Waals surface area contributed by atoms with Gasteiger partial charge in [0.25, 0.3) is 5.91 Å². The molecule has 1 aromatic heterocycles. The summed E-state index contributed by atoms with van der Waals surface area (Å²) in [7, 11) is 0. The molecule has 1 atom stereocenters. The third-order valence-electron chi connectivity index (χ3n) is 5.62. The van der Waals surface area contributed by atoms with E-state index in [0.717, 1.165) is 43.1 Å². The zero-order valence-corrected chi connectivity index (χ0v) is 21.8. The van der Waals surface area contributed by atoms with Crippen LogP contribution >= 0.6 is 11.8 Å². The van der Waals surface area contributed by atoms with Crippen LogP contribution in [0.4, 0.5) is 23.2 Å². The minimum atomic E-state index is -4.54. The number of hydrogen-bond acceptors (Lipinski definition) is 7. The summed E-state index contributed by atoms with van der Waals surface area (Å²) >= 11 is 1.04. The first-order chi connectivity index (χ1) is 17.7. The molecule has 1 aliphatic carbocycles. The van der Waals surface area contributed by atoms with Crippen LogP contribution in [0.1, 0.15) is 49.7 Å². The monoisotopic (exact) mass is 556 g/mol. The number of thioether (sulfide) groups is 1. The van der Waals surface area contributed by atoms with Gasteiger partial charge in [0.05, 0.1) is 12.4 Å². The highest BCUT2D eigenvalue weighted by molar-refractivity contribution is 8.15. The molecule has 0 unspecified atom stereocenters. The number of benzene rings is 1. The number of hydrogen-bond donors (Lipinski definition) is 3. The number of rotatable bonds is 10. The van der Waals surface area contributed by atoms with Crippen LogP contribution in [-0.2, 0) is 11.2 Å². The number of halogens is 4. The molecular formula is C24H28F4N6O3S. The molecule has 0 spiro atoms. The van der Waals surface area contributed by atoms with Crippen molar-refractivity contribution >= 4 is 34.4 Å². The summed E-state index contributed by atoms with van der Waals surface area (Å²) in [5.41, 5.74) is 5.85. The van der Waals surface area contributed by atoms with Crippen LogP contribution in [-0.4, -0.2) is 56.6 Å². The van der Waals surface area contributed by atoms with Crippen molar-refractivity contribution in [3.63, 3.8) is 0 Å². The van der Waals surface area contributed by atoms with Gasteiger partial charge in [-0.1, -0.05) is 11.8 Å². The number of amidine groups is 1. The van der Waals surface area contributed by atoms with Crippen molar-refractivity contribution in [2.75, 3.05) is 18.5 Å². The number of carbonyl (C=O) groups is 2. The fraction of sp³-hybridized carbons (Fsp3) is 0.458. The molecule has 0 aliphatic heterocycles. The zero-order chi connectivity index (χ0) is 28.1. The van der Waals surface area contributed by atoms with Gasteiger partial charge in [0.15, 0.2) is 11.8 Å². The number of aromatic nitrogens is 2. The third kappa shape index (κ3) is 8.30. The van der Waals surface area contributed by atoms with Gasteiger partial charge < -0.3 is 21.1 Å². The van der Waals surface area contributed by atoms with Gasteiger partial charge in [0.1, 0.15) is 16.3 Å². The fourth-order valence-electron chi connectivity index (χ4n) is 3.31. The number of aliphatic imine (C=N–C) groups is 1. The molecule has 3 rings (SSSR count). The lowest BCUT2D eigenvalue weighted by Crippen LogP contribution is -2.49. The van der Waals surface area contributed by atoms with E-state index in [4.69, 9.17) is 5.73 Å². The van der Waals surface area contributed by atoms with E-state index in [1.54, 1.807) is 13.8 Å². The van der Waals surface area contributed by atoms with Gasteiger partial charge in [-0.05, 0) is 63.8 Å². The van der Waals surface area contributed by atoms with Crippen molar-refractivity contribution in [3.8, 4) is 5.88 Å². The normalized spacial score (nSPS) is 16.3. The van der Waals surface area contributed by atoms with Crippen molar-refractivity contribution in [2.24, 2.45) is 10.7 Å². The standard InChI is InChI=1S/C24H28F4N6O3S/c1-4-30-21(29)38-23(3,20(36)34-22(2)7-8-22)10-14-9-15(5-6-16(14)25)33-19(35)17-11-32-18(12-31-17)37-13-24(26,27)28/h5-6,9,11-12H,4,7-8,10,13H2,1-3H3,(H2,29,30)(H,33,35)(H,34,36)/t23-/m1/s1. The fourth-order valence-corrected chi connectivity index (χ4v) is 4.34. The summed E-state index contributed by atoms with van der Waals surface area (Å²) in [5.74, 6) is -2.02. The van der Waals surface area contributed by atoms with Crippen LogP contribution in [0.3, 0.4) is 0 Å². The Morgan fingerprint density at radius 3 is 2.53 bits per heavy atom. The molecule has 0 radical (unpaired) electrons. The number of carbonyl (C=O) groups excluding carboxylic acids is 2. The van der Waals surface area contributed by atoms with Crippen molar-refractivity contribution in [2.45, 2.75) is 56.5 Å². The smallest absolute Gasteiger partial charge is 0.422 e. The Labute approximate surface area is 221 Å².